The largest absolute Gasteiger partial charge is 0.276 e. The van der Waals surface area contributed by atoms with E-state index >= 15 is 0 Å². The van der Waals surface area contributed by atoms with Gasteiger partial charge < -0.3 is 0 Å². The maximum atomic E-state index is 11.1. The predicted molar refractivity (Wildman–Crippen MR) is 54.5 cm³/mol. The number of rotatable bonds is 4. The fourth-order valence-corrected chi connectivity index (χ4v) is 1.16. The number of benzene rings is 1. The lowest BCUT2D eigenvalue weighted by molar-refractivity contribution is -0.178. The lowest BCUT2D eigenvalue weighted by Gasteiger charge is -2.27. The van der Waals surface area contributed by atoms with Crippen LogP contribution in [-0.2, 0) is 14.4 Å². The van der Waals surface area contributed by atoms with Crippen LogP contribution in [0.2, 0.25) is 0 Å². The number of amides is 2. The van der Waals surface area contributed by atoms with E-state index in [4.69, 9.17) is 4.84 Å². The Morgan fingerprint density at radius 1 is 1.33 bits per heavy atom. The van der Waals surface area contributed by atoms with Gasteiger partial charge in [0.15, 0.2) is 0 Å². The highest BCUT2D eigenvalue weighted by Crippen LogP contribution is 2.13. The van der Waals surface area contributed by atoms with Gasteiger partial charge >= 0.3 is 0 Å². The molecule has 0 spiro atoms. The second kappa shape index (κ2) is 5.11. The summed E-state index contributed by atoms with van der Waals surface area (Å²) in [5, 5.41) is 1.96. The molecule has 0 aliphatic rings. The molecule has 0 radical (unpaired) electrons. The molecule has 0 aliphatic heterocycles. The lowest BCUT2D eigenvalue weighted by Crippen LogP contribution is -2.44. The van der Waals surface area contributed by atoms with Gasteiger partial charge in [0.2, 0.25) is 6.41 Å². The summed E-state index contributed by atoms with van der Waals surface area (Å²) in [7, 11) is 1.32. The maximum absolute atomic E-state index is 11.1. The molecule has 5 heteroatoms. The summed E-state index contributed by atoms with van der Waals surface area (Å²) < 4.78 is 0. The SMILES string of the molecule is CON(C(C)=O)N(C=O)c1ccccc1. The summed E-state index contributed by atoms with van der Waals surface area (Å²) in [4.78, 5) is 26.8. The third-order valence-corrected chi connectivity index (χ3v) is 1.76. The van der Waals surface area contributed by atoms with Gasteiger partial charge in [-0.2, -0.15) is 5.01 Å². The number of carbonyl (C=O) groups is 2. The zero-order valence-electron chi connectivity index (χ0n) is 8.58. The minimum absolute atomic E-state index is 0.381. The van der Waals surface area contributed by atoms with Crippen molar-refractivity contribution in [3.8, 4) is 0 Å². The minimum atomic E-state index is -0.381. The van der Waals surface area contributed by atoms with Gasteiger partial charge in [0, 0.05) is 6.92 Å². The van der Waals surface area contributed by atoms with Gasteiger partial charge in [0.05, 0.1) is 12.8 Å². The van der Waals surface area contributed by atoms with Gasteiger partial charge in [-0.1, -0.05) is 18.2 Å². The fraction of sp³-hybridized carbons (Fsp3) is 0.200. The number of para-hydroxylation sites is 1. The molecule has 0 N–H and O–H groups in total. The van der Waals surface area contributed by atoms with Crippen LogP contribution in [0.15, 0.2) is 30.3 Å². The van der Waals surface area contributed by atoms with Crippen molar-refractivity contribution in [2.24, 2.45) is 0 Å². The summed E-state index contributed by atoms with van der Waals surface area (Å²) in [6.07, 6.45) is 0.514. The van der Waals surface area contributed by atoms with E-state index in [9.17, 15) is 9.59 Å². The Morgan fingerprint density at radius 3 is 2.33 bits per heavy atom. The van der Waals surface area contributed by atoms with Crippen LogP contribution in [0.1, 0.15) is 6.92 Å². The van der Waals surface area contributed by atoms with E-state index in [0.29, 0.717) is 12.1 Å². The molecule has 1 aromatic carbocycles. The molecule has 0 aromatic heterocycles. The second-order valence-corrected chi connectivity index (χ2v) is 2.76. The third-order valence-electron chi connectivity index (χ3n) is 1.76. The predicted octanol–water partition coefficient (Wildman–Crippen LogP) is 0.974. The van der Waals surface area contributed by atoms with Crippen molar-refractivity contribution >= 4 is 18.0 Å². The molecule has 1 aromatic rings. The second-order valence-electron chi connectivity index (χ2n) is 2.76. The number of hydroxylamine groups is 1. The average molecular weight is 208 g/mol. The Bertz CT molecular complexity index is 340. The van der Waals surface area contributed by atoms with E-state index in [-0.39, 0.29) is 5.91 Å². The van der Waals surface area contributed by atoms with Crippen molar-refractivity contribution < 1.29 is 14.4 Å². The molecule has 0 aliphatic carbocycles. The Hall–Kier alpha value is -1.88. The molecule has 2 amide bonds. The topological polar surface area (TPSA) is 49.9 Å². The van der Waals surface area contributed by atoms with Gasteiger partial charge in [-0.05, 0) is 12.1 Å². The first-order valence-electron chi connectivity index (χ1n) is 4.35. The van der Waals surface area contributed by atoms with Crippen LogP contribution in [-0.4, -0.2) is 24.6 Å². The monoisotopic (exact) mass is 208 g/mol. The van der Waals surface area contributed by atoms with Crippen LogP contribution in [0, 0.1) is 0 Å². The minimum Gasteiger partial charge on any atom is -0.276 e. The lowest BCUT2D eigenvalue weighted by atomic mass is 10.3. The Balaban J connectivity index is 2.97. The molecule has 0 saturated carbocycles. The van der Waals surface area contributed by atoms with Crippen LogP contribution < -0.4 is 5.01 Å². The molecule has 15 heavy (non-hydrogen) atoms. The molecule has 0 saturated heterocycles. The summed E-state index contributed by atoms with van der Waals surface area (Å²) in [6.45, 7) is 1.31. The van der Waals surface area contributed by atoms with E-state index in [0.717, 1.165) is 10.2 Å². The first-order valence-corrected chi connectivity index (χ1v) is 4.35. The number of hydrogen-bond donors (Lipinski definition) is 0. The van der Waals surface area contributed by atoms with Crippen molar-refractivity contribution in [3.05, 3.63) is 30.3 Å². The standard InChI is InChI=1S/C10H12N2O3/c1-9(14)12(15-2)11(8-13)10-6-4-3-5-7-10/h3-8H,1-2H3. The van der Waals surface area contributed by atoms with E-state index in [1.165, 1.54) is 14.0 Å². The number of hydrogen-bond acceptors (Lipinski definition) is 3. The van der Waals surface area contributed by atoms with Gasteiger partial charge in [-0.15, -0.1) is 5.17 Å². The molecule has 80 valence electrons. The van der Waals surface area contributed by atoms with Gasteiger partial charge in [0.25, 0.3) is 5.91 Å². The molecular weight excluding hydrogens is 196 g/mol. The van der Waals surface area contributed by atoms with Crippen molar-refractivity contribution in [1.82, 2.24) is 5.17 Å². The summed E-state index contributed by atoms with van der Waals surface area (Å²) in [5.41, 5.74) is 0.560. The maximum Gasteiger partial charge on any atom is 0.264 e. The van der Waals surface area contributed by atoms with E-state index in [1.807, 2.05) is 6.07 Å². The van der Waals surface area contributed by atoms with Crippen LogP contribution in [0.25, 0.3) is 0 Å². The quantitative estimate of drug-likeness (QED) is 0.547. The van der Waals surface area contributed by atoms with Crippen molar-refractivity contribution in [2.75, 3.05) is 12.1 Å². The fourth-order valence-electron chi connectivity index (χ4n) is 1.16. The molecule has 0 unspecified atom stereocenters. The molecular formula is C10H12N2O3. The van der Waals surface area contributed by atoms with Crippen molar-refractivity contribution in [3.63, 3.8) is 0 Å². The number of anilines is 1. The summed E-state index contributed by atoms with van der Waals surface area (Å²) in [5.74, 6) is -0.381. The van der Waals surface area contributed by atoms with Gasteiger partial charge in [0.1, 0.15) is 0 Å². The van der Waals surface area contributed by atoms with Gasteiger partial charge in [-0.25, -0.2) is 0 Å². The summed E-state index contributed by atoms with van der Waals surface area (Å²) >= 11 is 0. The highest BCUT2D eigenvalue weighted by Gasteiger charge is 2.17. The average Bonchev–Trinajstić information content (AvgIpc) is 2.26. The van der Waals surface area contributed by atoms with Crippen LogP contribution in [0.3, 0.4) is 0 Å². The molecule has 0 fully saturated rings. The van der Waals surface area contributed by atoms with Crippen LogP contribution >= 0.6 is 0 Å². The molecule has 5 nitrogen and oxygen atoms in total. The molecule has 0 heterocycles. The highest BCUT2D eigenvalue weighted by molar-refractivity contribution is 5.82. The Morgan fingerprint density at radius 2 is 1.93 bits per heavy atom. The number of carbonyl (C=O) groups excluding carboxylic acids is 2. The molecule has 1 rings (SSSR count). The zero-order valence-corrected chi connectivity index (χ0v) is 8.58. The van der Waals surface area contributed by atoms with Gasteiger partial charge in [-0.3, -0.25) is 14.4 Å². The van der Waals surface area contributed by atoms with E-state index in [1.54, 1.807) is 24.3 Å². The first-order chi connectivity index (χ1) is 7.20. The molecule has 0 bridgehead atoms. The Kier molecular flexibility index (Phi) is 3.82. The third kappa shape index (κ3) is 2.54. The molecule has 0 atom stereocenters. The summed E-state index contributed by atoms with van der Waals surface area (Å²) in [6, 6.07) is 8.74. The normalized spacial score (nSPS) is 9.47. The van der Waals surface area contributed by atoms with Crippen LogP contribution in [0.5, 0.6) is 0 Å². The Labute approximate surface area is 87.8 Å². The first kappa shape index (κ1) is 11.2. The highest BCUT2D eigenvalue weighted by atomic mass is 16.7. The smallest absolute Gasteiger partial charge is 0.264 e. The van der Waals surface area contributed by atoms with E-state index < -0.39 is 0 Å². The zero-order chi connectivity index (χ0) is 11.3. The number of nitrogens with zero attached hydrogens (tertiary/aromatic N) is 2. The van der Waals surface area contributed by atoms with E-state index in [2.05, 4.69) is 0 Å². The van der Waals surface area contributed by atoms with Crippen molar-refractivity contribution in [2.45, 2.75) is 6.92 Å². The van der Waals surface area contributed by atoms with Crippen LogP contribution in [0.4, 0.5) is 5.69 Å². The van der Waals surface area contributed by atoms with Crippen molar-refractivity contribution in [1.29, 1.82) is 0 Å². The number of hydrazine groups is 1.